The molecule has 0 aliphatic carbocycles. The van der Waals surface area contributed by atoms with Crippen LogP contribution in [0, 0.1) is 0 Å². The van der Waals surface area contributed by atoms with Gasteiger partial charge in [0.15, 0.2) is 0 Å². The fourth-order valence-electron chi connectivity index (χ4n) is 0.552. The zero-order chi connectivity index (χ0) is 8.97. The van der Waals surface area contributed by atoms with Crippen LogP contribution in [0.5, 0.6) is 0 Å². The Morgan fingerprint density at radius 3 is 2.92 bits per heavy atom. The van der Waals surface area contributed by atoms with E-state index in [0.717, 1.165) is 13.1 Å². The van der Waals surface area contributed by atoms with Crippen molar-refractivity contribution in [1.29, 1.82) is 0 Å². The highest BCUT2D eigenvalue weighted by Crippen LogP contribution is 2.08. The number of allylic oxidation sites excluding steroid dienone is 1. The monoisotopic (exact) mass is 281 g/mol. The topological polar surface area (TPSA) is 29.3 Å². The predicted octanol–water partition coefficient (Wildman–Crippen LogP) is 1.11. The van der Waals surface area contributed by atoms with Crippen LogP contribution >= 0.6 is 20.7 Å². The minimum Gasteiger partial charge on any atom is -0.364 e. The second-order valence-corrected chi connectivity index (χ2v) is 5.38. The minimum atomic E-state index is -0.267. The number of carbonyl (C=O) groups excluding carboxylic acids is 1. The smallest absolute Gasteiger partial charge is 0.349 e. The van der Waals surface area contributed by atoms with E-state index in [2.05, 4.69) is 11.4 Å². The Morgan fingerprint density at radius 2 is 2.42 bits per heavy atom. The third-order valence-corrected chi connectivity index (χ3v) is 3.17. The van der Waals surface area contributed by atoms with Crippen molar-refractivity contribution in [3.8, 4) is 0 Å². The van der Waals surface area contributed by atoms with Crippen LogP contribution in [0.25, 0.3) is 0 Å². The van der Waals surface area contributed by atoms with Gasteiger partial charge in [0.1, 0.15) is 0 Å². The summed E-state index contributed by atoms with van der Waals surface area (Å²) >= 11 is -0.0510. The van der Waals surface area contributed by atoms with E-state index in [0.29, 0.717) is 3.92 Å². The summed E-state index contributed by atoms with van der Waals surface area (Å²) in [5, 5.41) is 1.62. The number of carbonyl (C=O) groups is 1. The van der Waals surface area contributed by atoms with Crippen molar-refractivity contribution in [1.82, 2.24) is 5.06 Å². The maximum Gasteiger partial charge on any atom is 0.349 e. The van der Waals surface area contributed by atoms with Crippen LogP contribution in [0.1, 0.15) is 6.92 Å². The average Bonchev–Trinajstić information content (AvgIpc) is 2.84. The number of halogens is 1. The molecular weight excluding hydrogens is 269 g/mol. The fraction of sp³-hybridized carbons (Fsp3) is 0.500. The van der Waals surface area contributed by atoms with E-state index < -0.39 is 0 Å². The lowest BCUT2D eigenvalue weighted by Gasteiger charge is -1.98. The van der Waals surface area contributed by atoms with Crippen molar-refractivity contribution in [2.45, 2.75) is 10.8 Å². The fourth-order valence-corrected chi connectivity index (χ4v) is 1.05. The molecule has 1 aliphatic rings. The second-order valence-electron chi connectivity index (χ2n) is 2.53. The van der Waals surface area contributed by atoms with Crippen molar-refractivity contribution < 1.29 is 9.63 Å². The van der Waals surface area contributed by atoms with Crippen LogP contribution in [0.2, 0.25) is 0 Å². The number of hydroxylamine groups is 2. The molecule has 1 rings (SSSR count). The Kier molecular flexibility index (Phi) is 3.87. The van der Waals surface area contributed by atoms with Crippen LogP contribution in [0.3, 0.4) is 0 Å². The number of alkyl halides is 1. The van der Waals surface area contributed by atoms with Gasteiger partial charge in [-0.1, -0.05) is 17.5 Å². The largest absolute Gasteiger partial charge is 0.364 e. The van der Waals surface area contributed by atoms with Crippen molar-refractivity contribution in [2.24, 2.45) is 0 Å². The summed E-state index contributed by atoms with van der Waals surface area (Å²) in [5.74, 6) is -0.267. The van der Waals surface area contributed by atoms with Gasteiger partial charge >= 0.3 is 5.97 Å². The molecule has 1 fully saturated rings. The van der Waals surface area contributed by atoms with Gasteiger partial charge in [-0.05, 0) is 0 Å². The molecule has 0 saturated carbocycles. The molecule has 0 radical (unpaired) electrons. The molecule has 1 atom stereocenters. The molecule has 0 aromatic carbocycles. The Balaban J connectivity index is 2.23. The quantitative estimate of drug-likeness (QED) is 0.334. The summed E-state index contributed by atoms with van der Waals surface area (Å²) in [4.78, 5) is 15.8. The van der Waals surface area contributed by atoms with Gasteiger partial charge in [0.25, 0.3) is 0 Å². The number of hydrogen-bond donors (Lipinski definition) is 0. The lowest BCUT2D eigenvalue weighted by Crippen LogP contribution is -2.06. The molecule has 12 heavy (non-hydrogen) atoms. The first-order chi connectivity index (χ1) is 5.72. The van der Waals surface area contributed by atoms with Crippen LogP contribution in [0.4, 0.5) is 0 Å². The summed E-state index contributed by atoms with van der Waals surface area (Å²) in [6.45, 7) is 3.80. The molecule has 1 unspecified atom stereocenters. The molecule has 1 saturated heterocycles. The molecule has 0 aromatic rings. The first-order valence-corrected chi connectivity index (χ1v) is 6.51. The summed E-state index contributed by atoms with van der Waals surface area (Å²) in [7, 11) is 0. The molecule has 0 aromatic heterocycles. The highest BCUT2D eigenvalue weighted by molar-refractivity contribution is 14.2. The summed E-state index contributed by atoms with van der Waals surface area (Å²) in [6.07, 6.45) is 3.36. The lowest BCUT2D eigenvalue weighted by atomic mass is 10.4. The van der Waals surface area contributed by atoms with E-state index in [1.165, 1.54) is 6.08 Å². The normalized spacial score (nSPS) is 19.4. The standard InChI is InChI=1S/C8H12INO2/c1-7(9-2)3-4-8(11)12-10-5-6-10/h3-4,7H,2,5-6H2,1H3/b4-3+. The number of nitrogens with zero attached hydrogens (tertiary/aromatic N) is 1. The molecule has 3 nitrogen and oxygen atoms in total. The van der Waals surface area contributed by atoms with E-state index in [9.17, 15) is 4.79 Å². The van der Waals surface area contributed by atoms with Gasteiger partial charge < -0.3 is 4.84 Å². The van der Waals surface area contributed by atoms with Gasteiger partial charge in [0, 0.05) is 10.0 Å². The first-order valence-electron chi connectivity index (χ1n) is 3.74. The van der Waals surface area contributed by atoms with Crippen LogP contribution in [0.15, 0.2) is 12.2 Å². The molecular formula is C8H12INO2. The molecule has 0 spiro atoms. The van der Waals surface area contributed by atoms with Gasteiger partial charge in [0.2, 0.25) is 0 Å². The molecule has 0 bridgehead atoms. The zero-order valence-corrected chi connectivity index (χ0v) is 9.15. The summed E-state index contributed by atoms with van der Waals surface area (Å²) in [5.41, 5.74) is 0. The molecule has 0 amide bonds. The van der Waals surface area contributed by atoms with Gasteiger partial charge in [-0.3, -0.25) is 0 Å². The Morgan fingerprint density at radius 1 is 1.75 bits per heavy atom. The van der Waals surface area contributed by atoms with Crippen molar-refractivity contribution in [3.05, 3.63) is 12.2 Å². The second kappa shape index (κ2) is 4.71. The summed E-state index contributed by atoms with van der Waals surface area (Å²) in [6, 6.07) is 0. The SMILES string of the molecule is C=IC(C)/C=C/C(=O)ON1CC1. The van der Waals surface area contributed by atoms with Gasteiger partial charge in [-0.15, -0.1) is 25.8 Å². The zero-order valence-electron chi connectivity index (χ0n) is 7.00. The van der Waals surface area contributed by atoms with Gasteiger partial charge in [-0.2, -0.15) is 0 Å². The van der Waals surface area contributed by atoms with E-state index >= 15 is 0 Å². The van der Waals surface area contributed by atoms with Crippen molar-refractivity contribution in [3.63, 3.8) is 0 Å². The predicted molar refractivity (Wildman–Crippen MR) is 57.4 cm³/mol. The first kappa shape index (κ1) is 9.85. The highest BCUT2D eigenvalue weighted by atomic mass is 127. The van der Waals surface area contributed by atoms with E-state index in [1.807, 2.05) is 6.08 Å². The van der Waals surface area contributed by atoms with E-state index in [4.69, 9.17) is 4.84 Å². The Hall–Kier alpha value is -0.230. The molecule has 68 valence electrons. The minimum absolute atomic E-state index is 0.0510. The van der Waals surface area contributed by atoms with Crippen molar-refractivity contribution in [2.75, 3.05) is 13.1 Å². The molecule has 0 N–H and O–H groups in total. The van der Waals surface area contributed by atoms with E-state index in [-0.39, 0.29) is 26.7 Å². The van der Waals surface area contributed by atoms with E-state index in [1.54, 1.807) is 5.06 Å². The third-order valence-electron chi connectivity index (χ3n) is 1.37. The Bertz CT molecular complexity index is 211. The number of hydrogen-bond acceptors (Lipinski definition) is 3. The van der Waals surface area contributed by atoms with Crippen LogP contribution in [-0.4, -0.2) is 32.6 Å². The summed E-state index contributed by atoms with van der Waals surface area (Å²) < 4.78 is 4.28. The molecule has 1 aliphatic heterocycles. The van der Waals surface area contributed by atoms with Crippen LogP contribution < -0.4 is 0 Å². The number of rotatable bonds is 4. The maximum atomic E-state index is 11.0. The lowest BCUT2D eigenvalue weighted by molar-refractivity contribution is -0.159. The molecule has 4 heteroatoms. The average molecular weight is 281 g/mol. The van der Waals surface area contributed by atoms with Crippen LogP contribution in [-0.2, 0) is 9.63 Å². The highest BCUT2D eigenvalue weighted by Gasteiger charge is 2.21. The third kappa shape index (κ3) is 3.96. The van der Waals surface area contributed by atoms with Crippen molar-refractivity contribution >= 4 is 31.2 Å². The maximum absolute atomic E-state index is 11.0. The Labute approximate surface area is 82.1 Å². The molecule has 1 heterocycles. The van der Waals surface area contributed by atoms with Gasteiger partial charge in [-0.25, -0.2) is 4.79 Å². The van der Waals surface area contributed by atoms with Gasteiger partial charge in [0.05, 0.1) is 13.1 Å².